The number of aliphatic hydroxyl groups is 3. The SMILES string of the molecule is CC(=O)N[C@@H]1[C@H](O)[C@H](O)[C@@H](CO)O[C@H]1n1nc(-c2ccc(C)cc2)n(C2CC2)c1=S. The van der Waals surface area contributed by atoms with Crippen molar-refractivity contribution in [1.29, 1.82) is 0 Å². The number of ether oxygens (including phenoxy) is 1. The molecule has 2 aliphatic rings. The molecule has 1 amide bonds. The lowest BCUT2D eigenvalue weighted by Crippen LogP contribution is -2.62. The van der Waals surface area contributed by atoms with E-state index in [0.717, 1.165) is 24.0 Å². The lowest BCUT2D eigenvalue weighted by molar-refractivity contribution is -0.219. The van der Waals surface area contributed by atoms with Crippen LogP contribution >= 0.6 is 12.2 Å². The Morgan fingerprint density at radius 1 is 1.27 bits per heavy atom. The van der Waals surface area contributed by atoms with Crippen molar-refractivity contribution >= 4 is 18.1 Å². The zero-order chi connectivity index (χ0) is 21.6. The summed E-state index contributed by atoms with van der Waals surface area (Å²) in [4.78, 5) is 11.8. The first-order chi connectivity index (χ1) is 14.3. The van der Waals surface area contributed by atoms with E-state index in [-0.39, 0.29) is 6.04 Å². The Morgan fingerprint density at radius 3 is 2.50 bits per heavy atom. The van der Waals surface area contributed by atoms with Gasteiger partial charge in [-0.15, -0.1) is 5.10 Å². The zero-order valence-corrected chi connectivity index (χ0v) is 17.6. The van der Waals surface area contributed by atoms with Gasteiger partial charge in [0.15, 0.2) is 12.1 Å². The van der Waals surface area contributed by atoms with Crippen LogP contribution in [-0.4, -0.2) is 66.5 Å². The van der Waals surface area contributed by atoms with Gasteiger partial charge in [0.25, 0.3) is 0 Å². The van der Waals surface area contributed by atoms with Crippen molar-refractivity contribution in [3.63, 3.8) is 0 Å². The fourth-order valence-electron chi connectivity index (χ4n) is 3.82. The van der Waals surface area contributed by atoms with Crippen molar-refractivity contribution in [2.45, 2.75) is 63.3 Å². The summed E-state index contributed by atoms with van der Waals surface area (Å²) >= 11 is 5.71. The molecule has 1 saturated carbocycles. The maximum absolute atomic E-state index is 11.8. The van der Waals surface area contributed by atoms with Gasteiger partial charge in [-0.2, -0.15) is 0 Å². The van der Waals surface area contributed by atoms with Crippen molar-refractivity contribution in [3.05, 3.63) is 34.6 Å². The van der Waals surface area contributed by atoms with Crippen LogP contribution in [0.3, 0.4) is 0 Å². The second kappa shape index (κ2) is 8.20. The molecule has 10 heteroatoms. The molecule has 162 valence electrons. The van der Waals surface area contributed by atoms with Crippen LogP contribution in [0, 0.1) is 11.7 Å². The second-order valence-electron chi connectivity index (χ2n) is 7.97. The highest BCUT2D eigenvalue weighted by atomic mass is 32.1. The number of rotatable bonds is 5. The van der Waals surface area contributed by atoms with E-state index in [1.165, 1.54) is 11.6 Å². The van der Waals surface area contributed by atoms with Crippen LogP contribution in [0.5, 0.6) is 0 Å². The highest BCUT2D eigenvalue weighted by molar-refractivity contribution is 7.71. The number of amides is 1. The molecule has 0 spiro atoms. The molecule has 9 nitrogen and oxygen atoms in total. The normalized spacial score (nSPS) is 29.0. The molecule has 4 N–H and O–H groups in total. The van der Waals surface area contributed by atoms with Gasteiger partial charge in [-0.25, -0.2) is 4.68 Å². The maximum Gasteiger partial charge on any atom is 0.217 e. The zero-order valence-electron chi connectivity index (χ0n) is 16.8. The third-order valence-corrected chi connectivity index (χ3v) is 5.95. The summed E-state index contributed by atoms with van der Waals surface area (Å²) in [7, 11) is 0. The Kier molecular flexibility index (Phi) is 5.78. The predicted octanol–water partition coefficient (Wildman–Crippen LogP) is 0.841. The van der Waals surface area contributed by atoms with Gasteiger partial charge in [0.05, 0.1) is 6.61 Å². The van der Waals surface area contributed by atoms with Crippen LogP contribution in [-0.2, 0) is 9.53 Å². The van der Waals surface area contributed by atoms with E-state index < -0.39 is 43.1 Å². The van der Waals surface area contributed by atoms with Gasteiger partial charge in [0.2, 0.25) is 10.7 Å². The van der Waals surface area contributed by atoms with Gasteiger partial charge in [-0.3, -0.25) is 9.36 Å². The van der Waals surface area contributed by atoms with Crippen LogP contribution < -0.4 is 5.32 Å². The fourth-order valence-corrected chi connectivity index (χ4v) is 4.20. The summed E-state index contributed by atoms with van der Waals surface area (Å²) in [5, 5.41) is 37.8. The van der Waals surface area contributed by atoms with E-state index in [2.05, 4.69) is 5.32 Å². The maximum atomic E-state index is 11.8. The highest BCUT2D eigenvalue weighted by Crippen LogP contribution is 2.40. The average Bonchev–Trinajstić information content (AvgIpc) is 3.49. The van der Waals surface area contributed by atoms with Crippen LogP contribution in [0.15, 0.2) is 24.3 Å². The fraction of sp³-hybridized carbons (Fsp3) is 0.550. The van der Waals surface area contributed by atoms with Crippen LogP contribution in [0.1, 0.15) is 37.6 Å². The Morgan fingerprint density at radius 2 is 1.93 bits per heavy atom. The summed E-state index contributed by atoms with van der Waals surface area (Å²) in [5.74, 6) is 0.281. The van der Waals surface area contributed by atoms with E-state index >= 15 is 0 Å². The molecule has 2 heterocycles. The summed E-state index contributed by atoms with van der Waals surface area (Å²) in [5.41, 5.74) is 2.02. The lowest BCUT2D eigenvalue weighted by atomic mass is 9.96. The molecule has 1 aliphatic heterocycles. The first-order valence-electron chi connectivity index (χ1n) is 9.99. The number of aryl methyl sites for hydroxylation is 1. The van der Waals surface area contributed by atoms with E-state index in [4.69, 9.17) is 22.1 Å². The lowest BCUT2D eigenvalue weighted by Gasteiger charge is -2.42. The molecular weight excluding hydrogens is 408 g/mol. The number of benzene rings is 1. The number of hydrogen-bond donors (Lipinski definition) is 4. The van der Waals surface area contributed by atoms with Crippen molar-refractivity contribution < 1.29 is 24.9 Å². The Hall–Kier alpha value is -2.11. The molecule has 1 aromatic carbocycles. The molecule has 2 fully saturated rings. The molecule has 0 radical (unpaired) electrons. The molecular formula is C20H26N4O5S. The van der Waals surface area contributed by atoms with E-state index in [1.54, 1.807) is 0 Å². The Bertz CT molecular complexity index is 984. The minimum atomic E-state index is -1.36. The van der Waals surface area contributed by atoms with Gasteiger partial charge >= 0.3 is 0 Å². The van der Waals surface area contributed by atoms with Gasteiger partial charge in [-0.05, 0) is 32.0 Å². The van der Waals surface area contributed by atoms with Crippen molar-refractivity contribution in [1.82, 2.24) is 19.7 Å². The number of aromatic nitrogens is 3. The largest absolute Gasteiger partial charge is 0.394 e. The van der Waals surface area contributed by atoms with Crippen molar-refractivity contribution in [2.24, 2.45) is 0 Å². The summed E-state index contributed by atoms with van der Waals surface area (Å²) in [6.07, 6.45) is -2.77. The molecule has 0 bridgehead atoms. The van der Waals surface area contributed by atoms with E-state index in [9.17, 15) is 20.1 Å². The molecule has 1 aromatic heterocycles. The number of carbonyl (C=O) groups is 1. The van der Waals surface area contributed by atoms with Crippen molar-refractivity contribution in [3.8, 4) is 11.4 Å². The number of nitrogens with zero attached hydrogens (tertiary/aromatic N) is 3. The molecule has 1 saturated heterocycles. The summed E-state index contributed by atoms with van der Waals surface area (Å²) in [6.45, 7) is 2.82. The quantitative estimate of drug-likeness (QED) is 0.515. The molecule has 4 rings (SSSR count). The number of nitrogens with one attached hydrogen (secondary N) is 1. The van der Waals surface area contributed by atoms with Gasteiger partial charge in [-0.1, -0.05) is 29.8 Å². The number of aliphatic hydroxyl groups excluding tert-OH is 3. The monoisotopic (exact) mass is 434 g/mol. The number of hydrogen-bond acceptors (Lipinski definition) is 7. The third kappa shape index (κ3) is 3.81. The van der Waals surface area contributed by atoms with Crippen LogP contribution in [0.4, 0.5) is 0 Å². The summed E-state index contributed by atoms with van der Waals surface area (Å²) in [6, 6.07) is 7.17. The Balaban J connectivity index is 1.81. The Labute approximate surface area is 178 Å². The first kappa shape index (κ1) is 21.1. The minimum Gasteiger partial charge on any atom is -0.394 e. The minimum absolute atomic E-state index is 0.231. The van der Waals surface area contributed by atoms with Crippen LogP contribution in [0.25, 0.3) is 11.4 Å². The highest BCUT2D eigenvalue weighted by Gasteiger charge is 2.47. The van der Waals surface area contributed by atoms with Crippen LogP contribution in [0.2, 0.25) is 0 Å². The molecule has 5 atom stereocenters. The smallest absolute Gasteiger partial charge is 0.217 e. The van der Waals surface area contributed by atoms with Gasteiger partial charge in [0.1, 0.15) is 24.4 Å². The molecule has 2 aromatic rings. The first-order valence-corrected chi connectivity index (χ1v) is 10.4. The third-order valence-electron chi connectivity index (χ3n) is 5.57. The van der Waals surface area contributed by atoms with E-state index in [0.29, 0.717) is 10.6 Å². The standard InChI is InChI=1S/C20H26N4O5S/c1-10-3-5-12(6-4-10)18-22-24(20(30)23(18)13-7-8-13)19-15(21-11(2)26)17(28)16(27)14(9-25)29-19/h3-6,13-17,19,25,27-28H,7-9H2,1-2H3,(H,21,26)/t14-,15-,16-,17+,19-/m1/s1. The average molecular weight is 435 g/mol. The van der Waals surface area contributed by atoms with Gasteiger partial charge in [0, 0.05) is 18.5 Å². The topological polar surface area (TPSA) is 122 Å². The van der Waals surface area contributed by atoms with E-state index in [1.807, 2.05) is 35.8 Å². The number of carbonyl (C=O) groups excluding carboxylic acids is 1. The predicted molar refractivity (Wildman–Crippen MR) is 110 cm³/mol. The second-order valence-corrected chi connectivity index (χ2v) is 8.34. The molecule has 30 heavy (non-hydrogen) atoms. The molecule has 1 aliphatic carbocycles. The van der Waals surface area contributed by atoms with Crippen molar-refractivity contribution in [2.75, 3.05) is 6.61 Å². The molecule has 0 unspecified atom stereocenters. The van der Waals surface area contributed by atoms with Gasteiger partial charge < -0.3 is 25.4 Å². The summed E-state index contributed by atoms with van der Waals surface area (Å²) < 4.78 is 9.70.